The van der Waals surface area contributed by atoms with Gasteiger partial charge in [0.1, 0.15) is 0 Å². The Morgan fingerprint density at radius 3 is 2.24 bits per heavy atom. The average Bonchev–Trinajstić information content (AvgIpc) is 2.69. The van der Waals surface area contributed by atoms with Crippen molar-refractivity contribution in [1.82, 2.24) is 10.6 Å². The molecule has 154 valence electrons. The highest BCUT2D eigenvalue weighted by Crippen LogP contribution is 2.29. The highest BCUT2D eigenvalue weighted by atomic mass is 19.4. The number of ether oxygens (including phenoxy) is 1. The summed E-state index contributed by atoms with van der Waals surface area (Å²) in [5.74, 6) is -1.21. The summed E-state index contributed by atoms with van der Waals surface area (Å²) >= 11 is 0. The lowest BCUT2D eigenvalue weighted by molar-refractivity contribution is -0.385. The molecule has 0 atom stereocenters. The van der Waals surface area contributed by atoms with Gasteiger partial charge >= 0.3 is 11.9 Å². The Kier molecular flexibility index (Phi) is 7.12. The number of benzene rings is 2. The first-order valence-corrected chi connectivity index (χ1v) is 8.27. The Bertz CT molecular complexity index is 885. The second kappa shape index (κ2) is 9.53. The maximum Gasteiger partial charge on any atom is 0.416 e. The summed E-state index contributed by atoms with van der Waals surface area (Å²) < 4.78 is 42.6. The normalized spacial score (nSPS) is 10.9. The van der Waals surface area contributed by atoms with Crippen molar-refractivity contribution in [1.29, 1.82) is 0 Å². The number of hydrogen-bond acceptors (Lipinski definition) is 5. The van der Waals surface area contributed by atoms with Crippen molar-refractivity contribution < 1.29 is 32.4 Å². The topological polar surface area (TPSA) is 111 Å². The molecule has 0 bridgehead atoms. The quantitative estimate of drug-likeness (QED) is 0.394. The third kappa shape index (κ3) is 6.48. The summed E-state index contributed by atoms with van der Waals surface area (Å²) in [7, 11) is 0. The Morgan fingerprint density at radius 2 is 1.62 bits per heavy atom. The van der Waals surface area contributed by atoms with Crippen molar-refractivity contribution in [2.45, 2.75) is 6.18 Å². The smallest absolute Gasteiger partial charge is 0.416 e. The molecule has 0 aromatic heterocycles. The lowest BCUT2D eigenvalue weighted by Gasteiger charge is -2.10. The number of nitro benzene ring substituents is 1. The van der Waals surface area contributed by atoms with Crippen LogP contribution in [-0.4, -0.2) is 36.4 Å². The van der Waals surface area contributed by atoms with Gasteiger partial charge in [-0.1, -0.05) is 12.1 Å². The first-order valence-electron chi connectivity index (χ1n) is 8.27. The van der Waals surface area contributed by atoms with Gasteiger partial charge in [0.25, 0.3) is 11.8 Å². The minimum absolute atomic E-state index is 0.0249. The van der Waals surface area contributed by atoms with Crippen LogP contribution in [0.3, 0.4) is 0 Å². The minimum Gasteiger partial charge on any atom is -0.477 e. The lowest BCUT2D eigenvalue weighted by Crippen LogP contribution is -2.36. The molecule has 0 fully saturated rings. The van der Waals surface area contributed by atoms with E-state index in [2.05, 4.69) is 10.6 Å². The predicted octanol–water partition coefficient (Wildman–Crippen LogP) is 2.54. The highest BCUT2D eigenvalue weighted by molar-refractivity contribution is 5.94. The number of nitro groups is 1. The molecule has 2 amide bonds. The van der Waals surface area contributed by atoms with Crippen molar-refractivity contribution in [2.24, 2.45) is 0 Å². The van der Waals surface area contributed by atoms with Gasteiger partial charge in [0.15, 0.2) is 12.4 Å². The fourth-order valence-corrected chi connectivity index (χ4v) is 2.21. The number of rotatable bonds is 8. The molecule has 0 radical (unpaired) electrons. The van der Waals surface area contributed by atoms with E-state index in [0.717, 1.165) is 24.3 Å². The monoisotopic (exact) mass is 411 g/mol. The zero-order valence-electron chi connectivity index (χ0n) is 14.9. The molecule has 0 aliphatic rings. The molecule has 0 aliphatic heterocycles. The first-order chi connectivity index (χ1) is 13.7. The van der Waals surface area contributed by atoms with Gasteiger partial charge in [0.05, 0.1) is 10.5 Å². The molecule has 0 heterocycles. The second-order valence-electron chi connectivity index (χ2n) is 5.69. The molecule has 2 rings (SSSR count). The van der Waals surface area contributed by atoms with Gasteiger partial charge in [-0.15, -0.1) is 0 Å². The largest absolute Gasteiger partial charge is 0.477 e. The average molecular weight is 411 g/mol. The zero-order chi connectivity index (χ0) is 21.4. The maximum absolute atomic E-state index is 12.5. The van der Waals surface area contributed by atoms with Crippen LogP contribution in [0.15, 0.2) is 48.5 Å². The van der Waals surface area contributed by atoms with Crippen LogP contribution >= 0.6 is 0 Å². The molecule has 11 heteroatoms. The summed E-state index contributed by atoms with van der Waals surface area (Å²) in [5.41, 5.74) is -1.09. The lowest BCUT2D eigenvalue weighted by atomic mass is 10.1. The van der Waals surface area contributed by atoms with Gasteiger partial charge in [-0.3, -0.25) is 19.7 Å². The van der Waals surface area contributed by atoms with E-state index in [1.54, 1.807) is 0 Å². The number of amides is 2. The van der Waals surface area contributed by atoms with E-state index in [-0.39, 0.29) is 30.1 Å². The summed E-state index contributed by atoms with van der Waals surface area (Å²) in [6.07, 6.45) is -4.48. The van der Waals surface area contributed by atoms with Crippen LogP contribution in [0.2, 0.25) is 0 Å². The maximum atomic E-state index is 12.5. The Hall–Kier alpha value is -3.63. The summed E-state index contributed by atoms with van der Waals surface area (Å²) in [6, 6.07) is 9.30. The fourth-order valence-electron chi connectivity index (χ4n) is 2.21. The summed E-state index contributed by atoms with van der Waals surface area (Å²) in [4.78, 5) is 33.8. The number of para-hydroxylation sites is 2. The van der Waals surface area contributed by atoms with E-state index in [1.165, 1.54) is 24.3 Å². The number of nitrogens with one attached hydrogen (secondary N) is 2. The standard InChI is InChI=1S/C18H16F3N3O5/c19-18(20,21)13-7-5-12(6-8-13)17(26)23-10-9-22-16(25)11-29-15-4-2-1-3-14(15)24(27)28/h1-8H,9-11H2,(H,22,25)(H,23,26). The third-order valence-corrected chi connectivity index (χ3v) is 3.63. The molecular weight excluding hydrogens is 395 g/mol. The number of nitrogens with zero attached hydrogens (tertiary/aromatic N) is 1. The number of hydrogen-bond donors (Lipinski definition) is 2. The van der Waals surface area contributed by atoms with Crippen molar-refractivity contribution in [2.75, 3.05) is 19.7 Å². The summed E-state index contributed by atoms with van der Waals surface area (Å²) in [5, 5.41) is 15.7. The van der Waals surface area contributed by atoms with Gasteiger partial charge < -0.3 is 15.4 Å². The van der Waals surface area contributed by atoms with Crippen LogP contribution < -0.4 is 15.4 Å². The van der Waals surface area contributed by atoms with Crippen LogP contribution in [0.4, 0.5) is 18.9 Å². The SMILES string of the molecule is O=C(COc1ccccc1[N+](=O)[O-])NCCNC(=O)c1ccc(C(F)(F)F)cc1. The van der Waals surface area contributed by atoms with E-state index >= 15 is 0 Å². The van der Waals surface area contributed by atoms with Crippen LogP contribution in [0, 0.1) is 10.1 Å². The van der Waals surface area contributed by atoms with Crippen molar-refractivity contribution in [3.8, 4) is 5.75 Å². The molecule has 0 saturated heterocycles. The van der Waals surface area contributed by atoms with Crippen LogP contribution in [0.25, 0.3) is 0 Å². The fraction of sp³-hybridized carbons (Fsp3) is 0.222. The van der Waals surface area contributed by atoms with Gasteiger partial charge in [0, 0.05) is 24.7 Å². The number of alkyl halides is 3. The first kappa shape index (κ1) is 21.7. The Labute approximate surface area is 162 Å². The number of carbonyl (C=O) groups excluding carboxylic acids is 2. The van der Waals surface area contributed by atoms with Crippen LogP contribution in [0.1, 0.15) is 15.9 Å². The Balaban J connectivity index is 1.73. The van der Waals surface area contributed by atoms with E-state index in [4.69, 9.17) is 4.74 Å². The van der Waals surface area contributed by atoms with Gasteiger partial charge in [-0.25, -0.2) is 0 Å². The molecule has 2 aromatic carbocycles. The van der Waals surface area contributed by atoms with Crippen molar-refractivity contribution in [3.63, 3.8) is 0 Å². The molecule has 0 spiro atoms. The van der Waals surface area contributed by atoms with Gasteiger partial charge in [-0.05, 0) is 30.3 Å². The van der Waals surface area contributed by atoms with Crippen LogP contribution in [-0.2, 0) is 11.0 Å². The molecule has 8 nitrogen and oxygen atoms in total. The van der Waals surface area contributed by atoms with Crippen molar-refractivity contribution >= 4 is 17.5 Å². The third-order valence-electron chi connectivity index (χ3n) is 3.63. The molecule has 0 unspecified atom stereocenters. The molecular formula is C18H16F3N3O5. The minimum atomic E-state index is -4.48. The second-order valence-corrected chi connectivity index (χ2v) is 5.69. The summed E-state index contributed by atoms with van der Waals surface area (Å²) in [6.45, 7) is -0.403. The molecule has 0 saturated carbocycles. The van der Waals surface area contributed by atoms with Gasteiger partial charge in [-0.2, -0.15) is 13.2 Å². The van der Waals surface area contributed by atoms with E-state index in [1.807, 2.05) is 0 Å². The van der Waals surface area contributed by atoms with E-state index in [9.17, 15) is 32.9 Å². The zero-order valence-corrected chi connectivity index (χ0v) is 14.9. The number of halogens is 3. The van der Waals surface area contributed by atoms with E-state index in [0.29, 0.717) is 0 Å². The number of carbonyl (C=O) groups is 2. The Morgan fingerprint density at radius 1 is 1.00 bits per heavy atom. The molecule has 2 N–H and O–H groups in total. The highest BCUT2D eigenvalue weighted by Gasteiger charge is 2.30. The molecule has 0 aliphatic carbocycles. The van der Waals surface area contributed by atoms with E-state index < -0.39 is 35.1 Å². The van der Waals surface area contributed by atoms with Crippen LogP contribution in [0.5, 0.6) is 5.75 Å². The molecule has 2 aromatic rings. The van der Waals surface area contributed by atoms with Gasteiger partial charge in [0.2, 0.25) is 0 Å². The van der Waals surface area contributed by atoms with Crippen molar-refractivity contribution in [3.05, 3.63) is 69.8 Å². The predicted molar refractivity (Wildman–Crippen MR) is 95.4 cm³/mol. The molecule has 29 heavy (non-hydrogen) atoms.